The van der Waals surface area contributed by atoms with Crippen molar-refractivity contribution in [2.24, 2.45) is 4.99 Å². The molecule has 0 spiro atoms. The molecule has 1 heterocycles. The third kappa shape index (κ3) is 4.39. The first-order chi connectivity index (χ1) is 10.4. The summed E-state index contributed by atoms with van der Waals surface area (Å²) in [4.78, 5) is 5.22. The molecule has 0 amide bonds. The maximum atomic E-state index is 9.69. The summed E-state index contributed by atoms with van der Waals surface area (Å²) in [6, 6.07) is 5.93. The Morgan fingerprint density at radius 3 is 2.77 bits per heavy atom. The Hall–Kier alpha value is -1.72. The Morgan fingerprint density at radius 2 is 2.18 bits per heavy atom. The van der Waals surface area contributed by atoms with Crippen LogP contribution in [0.2, 0.25) is 0 Å². The SMILES string of the molecule is CNc1cc(C=NCCC(C)(C)O)c(S)cc1-c1ccoc1. The summed E-state index contributed by atoms with van der Waals surface area (Å²) >= 11 is 4.54. The lowest BCUT2D eigenvalue weighted by Gasteiger charge is -2.14. The molecule has 0 saturated carbocycles. The maximum absolute atomic E-state index is 9.69. The van der Waals surface area contributed by atoms with Crippen molar-refractivity contribution in [2.45, 2.75) is 30.8 Å². The van der Waals surface area contributed by atoms with Gasteiger partial charge in [0.05, 0.1) is 18.1 Å². The summed E-state index contributed by atoms with van der Waals surface area (Å²) < 4.78 is 5.15. The van der Waals surface area contributed by atoms with Crippen LogP contribution >= 0.6 is 12.6 Å². The summed E-state index contributed by atoms with van der Waals surface area (Å²) in [6.07, 6.45) is 5.78. The first-order valence-corrected chi connectivity index (χ1v) is 7.65. The lowest BCUT2D eigenvalue weighted by Crippen LogP contribution is -2.19. The van der Waals surface area contributed by atoms with Crippen molar-refractivity contribution >= 4 is 24.5 Å². The average Bonchev–Trinajstić information content (AvgIpc) is 2.97. The highest BCUT2D eigenvalue weighted by molar-refractivity contribution is 7.80. The van der Waals surface area contributed by atoms with Crippen molar-refractivity contribution in [3.8, 4) is 11.1 Å². The van der Waals surface area contributed by atoms with Crippen LogP contribution in [0.4, 0.5) is 5.69 Å². The molecule has 0 aliphatic heterocycles. The van der Waals surface area contributed by atoms with E-state index in [1.54, 1.807) is 32.6 Å². The number of nitrogens with zero attached hydrogens (tertiary/aromatic N) is 1. The van der Waals surface area contributed by atoms with Gasteiger partial charge in [0.25, 0.3) is 0 Å². The predicted molar refractivity (Wildman–Crippen MR) is 94.3 cm³/mol. The van der Waals surface area contributed by atoms with Crippen LogP contribution in [0.3, 0.4) is 0 Å². The van der Waals surface area contributed by atoms with E-state index >= 15 is 0 Å². The van der Waals surface area contributed by atoms with Gasteiger partial charge in [-0.25, -0.2) is 0 Å². The van der Waals surface area contributed by atoms with E-state index in [1.165, 1.54) is 0 Å². The summed E-state index contributed by atoms with van der Waals surface area (Å²) in [5.41, 5.74) is 3.28. The van der Waals surface area contributed by atoms with Gasteiger partial charge in [-0.3, -0.25) is 4.99 Å². The number of anilines is 1. The Labute approximate surface area is 136 Å². The molecule has 0 atom stereocenters. The second-order valence-corrected chi connectivity index (χ2v) is 6.30. The molecule has 0 aliphatic carbocycles. The molecule has 0 unspecified atom stereocenters. The topological polar surface area (TPSA) is 57.8 Å². The number of aliphatic imine (C=N–C) groups is 1. The van der Waals surface area contributed by atoms with Crippen molar-refractivity contribution in [3.05, 3.63) is 36.3 Å². The van der Waals surface area contributed by atoms with Crippen LogP contribution in [-0.4, -0.2) is 30.5 Å². The fourth-order valence-electron chi connectivity index (χ4n) is 2.07. The highest BCUT2D eigenvalue weighted by Crippen LogP contribution is 2.32. The summed E-state index contributed by atoms with van der Waals surface area (Å²) in [5.74, 6) is 0. The monoisotopic (exact) mass is 318 g/mol. The lowest BCUT2D eigenvalue weighted by molar-refractivity contribution is 0.0739. The van der Waals surface area contributed by atoms with E-state index < -0.39 is 5.60 Å². The zero-order chi connectivity index (χ0) is 16.2. The minimum absolute atomic E-state index is 0.578. The van der Waals surface area contributed by atoms with Crippen LogP contribution in [-0.2, 0) is 0 Å². The molecule has 0 saturated heterocycles. The number of furan rings is 1. The van der Waals surface area contributed by atoms with Crippen LogP contribution in [0.1, 0.15) is 25.8 Å². The largest absolute Gasteiger partial charge is 0.472 e. The zero-order valence-corrected chi connectivity index (χ0v) is 14.0. The van der Waals surface area contributed by atoms with Gasteiger partial charge in [-0.2, -0.15) is 0 Å². The van der Waals surface area contributed by atoms with E-state index in [-0.39, 0.29) is 0 Å². The molecular formula is C17H22N2O2S. The van der Waals surface area contributed by atoms with Gasteiger partial charge in [-0.05, 0) is 38.5 Å². The predicted octanol–water partition coefficient (Wildman–Crippen LogP) is 3.86. The van der Waals surface area contributed by atoms with Crippen molar-refractivity contribution in [3.63, 3.8) is 0 Å². The normalized spacial score (nSPS) is 12.0. The Kier molecular flexibility index (Phi) is 5.32. The molecule has 0 bridgehead atoms. The molecule has 2 aromatic rings. The highest BCUT2D eigenvalue weighted by atomic mass is 32.1. The molecule has 2 rings (SSSR count). The first-order valence-electron chi connectivity index (χ1n) is 7.20. The van der Waals surface area contributed by atoms with Crippen LogP contribution in [0.25, 0.3) is 11.1 Å². The first kappa shape index (κ1) is 16.6. The third-order valence-electron chi connectivity index (χ3n) is 3.35. The van der Waals surface area contributed by atoms with E-state index in [2.05, 4.69) is 22.9 Å². The molecule has 1 aromatic carbocycles. The standard InChI is InChI=1S/C17H22N2O2S/c1-17(2,20)5-6-19-10-13-8-15(18-3)14(9-16(13)22)12-4-7-21-11-12/h4,7-11,18,20,22H,5-6H2,1-3H3. The fraction of sp³-hybridized carbons (Fsp3) is 0.353. The zero-order valence-electron chi connectivity index (χ0n) is 13.1. The van der Waals surface area contributed by atoms with Gasteiger partial charge in [-0.1, -0.05) is 0 Å². The van der Waals surface area contributed by atoms with Gasteiger partial charge < -0.3 is 14.8 Å². The third-order valence-corrected chi connectivity index (χ3v) is 3.74. The van der Waals surface area contributed by atoms with Crippen LogP contribution in [0.15, 0.2) is 45.0 Å². The van der Waals surface area contributed by atoms with Crippen molar-refractivity contribution in [2.75, 3.05) is 18.9 Å². The quantitative estimate of drug-likeness (QED) is 0.560. The highest BCUT2D eigenvalue weighted by Gasteiger charge is 2.11. The van der Waals surface area contributed by atoms with E-state index in [0.717, 1.165) is 27.3 Å². The number of rotatable bonds is 6. The molecule has 1 aromatic heterocycles. The van der Waals surface area contributed by atoms with Gasteiger partial charge in [0.1, 0.15) is 0 Å². The van der Waals surface area contributed by atoms with Gasteiger partial charge in [0.15, 0.2) is 0 Å². The van der Waals surface area contributed by atoms with E-state index in [9.17, 15) is 5.11 Å². The minimum atomic E-state index is -0.692. The van der Waals surface area contributed by atoms with E-state index in [4.69, 9.17) is 4.42 Å². The van der Waals surface area contributed by atoms with Gasteiger partial charge in [-0.15, -0.1) is 12.6 Å². The number of nitrogens with one attached hydrogen (secondary N) is 1. The van der Waals surface area contributed by atoms with Gasteiger partial charge in [0, 0.05) is 47.1 Å². The second kappa shape index (κ2) is 7.03. The Morgan fingerprint density at radius 1 is 1.41 bits per heavy atom. The summed E-state index contributed by atoms with van der Waals surface area (Å²) in [6.45, 7) is 4.14. The number of hydrogen-bond donors (Lipinski definition) is 3. The summed E-state index contributed by atoms with van der Waals surface area (Å²) in [5, 5.41) is 12.9. The Bertz CT molecular complexity index is 643. The fourth-order valence-corrected chi connectivity index (χ4v) is 2.32. The minimum Gasteiger partial charge on any atom is -0.472 e. The number of aliphatic hydroxyl groups is 1. The van der Waals surface area contributed by atoms with Crippen molar-refractivity contribution in [1.29, 1.82) is 0 Å². The molecule has 2 N–H and O–H groups in total. The average molecular weight is 318 g/mol. The van der Waals surface area contributed by atoms with Gasteiger partial charge in [0.2, 0.25) is 0 Å². The molecule has 22 heavy (non-hydrogen) atoms. The molecule has 0 fully saturated rings. The Balaban J connectivity index is 2.22. The van der Waals surface area contributed by atoms with Crippen LogP contribution < -0.4 is 5.32 Å². The lowest BCUT2D eigenvalue weighted by atomic mass is 10.0. The number of thiol groups is 1. The number of benzene rings is 1. The molecule has 0 radical (unpaired) electrons. The van der Waals surface area contributed by atoms with E-state index in [0.29, 0.717) is 13.0 Å². The maximum Gasteiger partial charge on any atom is 0.0981 e. The molecule has 0 aliphatic rings. The van der Waals surface area contributed by atoms with Crippen molar-refractivity contribution < 1.29 is 9.52 Å². The van der Waals surface area contributed by atoms with Crippen LogP contribution in [0.5, 0.6) is 0 Å². The summed E-state index contributed by atoms with van der Waals surface area (Å²) in [7, 11) is 1.88. The number of hydrogen-bond acceptors (Lipinski definition) is 5. The van der Waals surface area contributed by atoms with Crippen LogP contribution in [0, 0.1) is 0 Å². The smallest absolute Gasteiger partial charge is 0.0981 e. The van der Waals surface area contributed by atoms with E-state index in [1.807, 2.05) is 25.2 Å². The van der Waals surface area contributed by atoms with Crippen molar-refractivity contribution in [1.82, 2.24) is 0 Å². The van der Waals surface area contributed by atoms with Gasteiger partial charge >= 0.3 is 0 Å². The molecule has 118 valence electrons. The second-order valence-electron chi connectivity index (χ2n) is 5.82. The molecule has 4 nitrogen and oxygen atoms in total. The molecular weight excluding hydrogens is 296 g/mol. The molecule has 5 heteroatoms.